The van der Waals surface area contributed by atoms with Crippen LogP contribution in [0, 0.1) is 11.8 Å². The molecule has 0 spiro atoms. The first-order valence-corrected chi connectivity index (χ1v) is 23.2. The Morgan fingerprint density at radius 3 is 1.32 bits per heavy atom. The number of hydrogen-bond donors (Lipinski definition) is 2. The first kappa shape index (κ1) is 51.8. The van der Waals surface area contributed by atoms with Crippen LogP contribution in [0.25, 0.3) is 0 Å². The Hall–Kier alpha value is -1.18. The minimum absolute atomic E-state index is 0.0616. The molecule has 7 heteroatoms. The van der Waals surface area contributed by atoms with E-state index in [1.54, 1.807) is 0 Å². The van der Waals surface area contributed by atoms with Crippen LogP contribution in [0.1, 0.15) is 227 Å². The Kier molecular flexibility index (Phi) is 39.6. The first-order chi connectivity index (χ1) is 25.9. The average Bonchev–Trinajstić information content (AvgIpc) is 3.14. The average molecular weight is 754 g/mol. The molecule has 0 rings (SSSR count). The molecule has 0 aromatic heterocycles. The quantitative estimate of drug-likeness (QED) is 0.0473. The van der Waals surface area contributed by atoms with Crippen LogP contribution in [0.2, 0.25) is 0 Å². The second-order valence-corrected chi connectivity index (χ2v) is 16.2. The van der Waals surface area contributed by atoms with Gasteiger partial charge in [-0.25, -0.2) is 0 Å². The van der Waals surface area contributed by atoms with E-state index in [-0.39, 0.29) is 18.5 Å². The van der Waals surface area contributed by atoms with Crippen molar-refractivity contribution in [1.82, 2.24) is 4.90 Å². The van der Waals surface area contributed by atoms with Crippen molar-refractivity contribution in [3.05, 3.63) is 0 Å². The van der Waals surface area contributed by atoms with E-state index < -0.39 is 6.10 Å². The number of aliphatic hydroxyl groups excluding tert-OH is 2. The van der Waals surface area contributed by atoms with Crippen LogP contribution >= 0.6 is 0 Å². The summed E-state index contributed by atoms with van der Waals surface area (Å²) in [5, 5.41) is 20.2. The molecule has 0 bridgehead atoms. The fourth-order valence-corrected chi connectivity index (χ4v) is 7.56. The molecule has 3 atom stereocenters. The lowest BCUT2D eigenvalue weighted by Crippen LogP contribution is -2.35. The summed E-state index contributed by atoms with van der Waals surface area (Å²) < 4.78 is 11.2. The number of rotatable bonds is 42. The van der Waals surface area contributed by atoms with Crippen LogP contribution in [0.15, 0.2) is 0 Å². The lowest BCUT2D eigenvalue weighted by molar-refractivity contribution is -0.145. The van der Waals surface area contributed by atoms with Crippen molar-refractivity contribution in [3.63, 3.8) is 0 Å². The predicted octanol–water partition coefficient (Wildman–Crippen LogP) is 12.1. The molecule has 7 nitrogen and oxygen atoms in total. The molecule has 0 aromatic carbocycles. The van der Waals surface area contributed by atoms with Crippen molar-refractivity contribution in [2.24, 2.45) is 11.8 Å². The lowest BCUT2D eigenvalue weighted by atomic mass is 9.92. The zero-order chi connectivity index (χ0) is 39.0. The van der Waals surface area contributed by atoms with Crippen LogP contribution in [0.5, 0.6) is 0 Å². The van der Waals surface area contributed by atoms with Gasteiger partial charge in [0.1, 0.15) is 0 Å². The SMILES string of the molecule is CCCCCCCC(CCCCC)CCOC(=O)CCCCCCN(CCO)CC(O)CCCCC(=O)OCCC(CCCCC)CCCCCCC. The van der Waals surface area contributed by atoms with Crippen molar-refractivity contribution in [3.8, 4) is 0 Å². The fourth-order valence-electron chi connectivity index (χ4n) is 7.56. The van der Waals surface area contributed by atoms with Crippen LogP contribution in [0.3, 0.4) is 0 Å². The first-order valence-electron chi connectivity index (χ1n) is 23.2. The van der Waals surface area contributed by atoms with E-state index in [0.717, 1.165) is 57.9 Å². The zero-order valence-electron chi connectivity index (χ0n) is 35.9. The number of ether oxygens (including phenoxy) is 2. The van der Waals surface area contributed by atoms with E-state index >= 15 is 0 Å². The smallest absolute Gasteiger partial charge is 0.305 e. The van der Waals surface area contributed by atoms with Crippen molar-refractivity contribution < 1.29 is 29.3 Å². The molecule has 53 heavy (non-hydrogen) atoms. The molecular formula is C46H91NO6. The Labute approximate surface area is 329 Å². The number of unbranched alkanes of at least 4 members (excludes halogenated alkanes) is 16. The molecule has 0 amide bonds. The summed E-state index contributed by atoms with van der Waals surface area (Å²) in [7, 11) is 0. The van der Waals surface area contributed by atoms with Crippen molar-refractivity contribution in [2.45, 2.75) is 233 Å². The number of esters is 2. The van der Waals surface area contributed by atoms with Crippen molar-refractivity contribution >= 4 is 11.9 Å². The second-order valence-electron chi connectivity index (χ2n) is 16.2. The summed E-state index contributed by atoms with van der Waals surface area (Å²) in [6.07, 6.45) is 34.2. The van der Waals surface area contributed by atoms with Crippen molar-refractivity contribution in [2.75, 3.05) is 39.5 Å². The molecule has 2 N–H and O–H groups in total. The van der Waals surface area contributed by atoms with Gasteiger partial charge in [0.25, 0.3) is 0 Å². The van der Waals surface area contributed by atoms with Crippen LogP contribution in [-0.2, 0) is 19.1 Å². The number of aliphatic hydroxyl groups is 2. The third-order valence-electron chi connectivity index (χ3n) is 11.1. The van der Waals surface area contributed by atoms with Crippen LogP contribution in [0.4, 0.5) is 0 Å². The van der Waals surface area contributed by atoms with E-state index in [1.165, 1.54) is 128 Å². The summed E-state index contributed by atoms with van der Waals surface area (Å²) in [4.78, 5) is 26.9. The lowest BCUT2D eigenvalue weighted by Gasteiger charge is -2.24. The molecule has 316 valence electrons. The highest BCUT2D eigenvalue weighted by atomic mass is 16.5. The summed E-state index contributed by atoms with van der Waals surface area (Å²) in [6, 6.07) is 0. The van der Waals surface area contributed by atoms with Crippen LogP contribution < -0.4 is 0 Å². The molecular weight excluding hydrogens is 663 g/mol. The monoisotopic (exact) mass is 754 g/mol. The maximum absolute atomic E-state index is 12.4. The predicted molar refractivity (Wildman–Crippen MR) is 224 cm³/mol. The topological polar surface area (TPSA) is 96.3 Å². The molecule has 0 aliphatic carbocycles. The third-order valence-corrected chi connectivity index (χ3v) is 11.1. The van der Waals surface area contributed by atoms with Gasteiger partial charge < -0.3 is 19.7 Å². The van der Waals surface area contributed by atoms with Gasteiger partial charge in [0.15, 0.2) is 0 Å². The van der Waals surface area contributed by atoms with Gasteiger partial charge in [0.2, 0.25) is 0 Å². The second kappa shape index (κ2) is 40.5. The van der Waals surface area contributed by atoms with E-state index in [0.29, 0.717) is 57.4 Å². The number of hydrogen-bond acceptors (Lipinski definition) is 7. The zero-order valence-corrected chi connectivity index (χ0v) is 35.9. The number of carbonyl (C=O) groups is 2. The van der Waals surface area contributed by atoms with Gasteiger partial charge in [0, 0.05) is 25.9 Å². The minimum atomic E-state index is -0.471. The normalized spacial score (nSPS) is 13.3. The van der Waals surface area contributed by atoms with Gasteiger partial charge >= 0.3 is 11.9 Å². The molecule has 0 saturated heterocycles. The molecule has 0 aliphatic rings. The van der Waals surface area contributed by atoms with Gasteiger partial charge in [0.05, 0.1) is 25.9 Å². The molecule has 0 aromatic rings. The van der Waals surface area contributed by atoms with Crippen LogP contribution in [-0.4, -0.2) is 72.6 Å². The van der Waals surface area contributed by atoms with Gasteiger partial charge in [-0.3, -0.25) is 14.5 Å². The summed E-state index contributed by atoms with van der Waals surface area (Å²) in [5.74, 6) is 1.18. The molecule has 3 unspecified atom stereocenters. The fraction of sp³-hybridized carbons (Fsp3) is 0.957. The number of carbonyl (C=O) groups excluding carboxylic acids is 2. The van der Waals surface area contributed by atoms with E-state index in [2.05, 4.69) is 32.6 Å². The Balaban J connectivity index is 4.13. The summed E-state index contributed by atoms with van der Waals surface area (Å²) >= 11 is 0. The maximum atomic E-state index is 12.4. The minimum Gasteiger partial charge on any atom is -0.466 e. The highest BCUT2D eigenvalue weighted by Crippen LogP contribution is 2.23. The molecule has 0 aliphatic heterocycles. The Morgan fingerprint density at radius 2 is 0.849 bits per heavy atom. The van der Waals surface area contributed by atoms with Gasteiger partial charge in [-0.2, -0.15) is 0 Å². The Morgan fingerprint density at radius 1 is 0.472 bits per heavy atom. The highest BCUT2D eigenvalue weighted by Gasteiger charge is 2.14. The van der Waals surface area contributed by atoms with Gasteiger partial charge in [-0.05, 0) is 56.9 Å². The largest absolute Gasteiger partial charge is 0.466 e. The molecule has 0 heterocycles. The number of nitrogens with zero attached hydrogens (tertiary/aromatic N) is 1. The molecule has 0 saturated carbocycles. The maximum Gasteiger partial charge on any atom is 0.305 e. The highest BCUT2D eigenvalue weighted by molar-refractivity contribution is 5.69. The Bertz CT molecular complexity index is 779. The standard InChI is InChI=1S/C46H91NO6/c1-5-9-13-15-21-29-42(27-19-11-7-3)34-39-52-45(50)32-23-17-18-26-36-47(37-38-48)41-44(49)31-24-25-33-46(51)53-40-35-43(28-20-12-8-4)30-22-16-14-10-6-2/h42-44,48-49H,5-41H2,1-4H3. The van der Waals surface area contributed by atoms with E-state index in [1.807, 2.05) is 0 Å². The summed E-state index contributed by atoms with van der Waals surface area (Å²) in [5.41, 5.74) is 0. The van der Waals surface area contributed by atoms with E-state index in [4.69, 9.17) is 9.47 Å². The molecule has 0 fully saturated rings. The molecule has 0 radical (unpaired) electrons. The summed E-state index contributed by atoms with van der Waals surface area (Å²) in [6.45, 7) is 12.1. The van der Waals surface area contributed by atoms with Gasteiger partial charge in [-0.15, -0.1) is 0 Å². The van der Waals surface area contributed by atoms with Gasteiger partial charge in [-0.1, -0.05) is 175 Å². The van der Waals surface area contributed by atoms with Crippen molar-refractivity contribution in [1.29, 1.82) is 0 Å². The van der Waals surface area contributed by atoms with E-state index in [9.17, 15) is 19.8 Å². The third kappa shape index (κ3) is 36.2.